The lowest BCUT2D eigenvalue weighted by Crippen LogP contribution is -2.56. The van der Waals surface area contributed by atoms with Crippen LogP contribution in [0.15, 0.2) is 24.3 Å². The molecule has 1 amide bonds. The Kier molecular flexibility index (Phi) is 5.36. The fourth-order valence-corrected chi connectivity index (χ4v) is 2.81. The van der Waals surface area contributed by atoms with Gasteiger partial charge in [-0.15, -0.1) is 0 Å². The number of aromatic carboxylic acids is 1. The second kappa shape index (κ2) is 7.11. The molecular weight excluding hydrogens is 308 g/mol. The molecular formula is C18H26N2O4. The number of carbonyl (C=O) groups excluding carboxylic acids is 1. The van der Waals surface area contributed by atoms with E-state index < -0.39 is 11.6 Å². The van der Waals surface area contributed by atoms with Crippen molar-refractivity contribution < 1.29 is 19.4 Å². The molecule has 2 rings (SSSR count). The first-order chi connectivity index (χ1) is 11.2. The van der Waals surface area contributed by atoms with E-state index in [4.69, 9.17) is 9.84 Å². The Bertz CT molecular complexity index is 592. The summed E-state index contributed by atoms with van der Waals surface area (Å²) >= 11 is 0. The maximum Gasteiger partial charge on any atom is 0.410 e. The lowest BCUT2D eigenvalue weighted by Gasteiger charge is -2.42. The molecule has 1 saturated heterocycles. The predicted molar refractivity (Wildman–Crippen MR) is 92.6 cm³/mol. The Morgan fingerprint density at radius 3 is 2.33 bits per heavy atom. The summed E-state index contributed by atoms with van der Waals surface area (Å²) in [5.74, 6) is -0.928. The van der Waals surface area contributed by atoms with Gasteiger partial charge in [-0.05, 0) is 51.5 Å². The third kappa shape index (κ3) is 4.40. The number of carboxylic acids is 1. The van der Waals surface area contributed by atoms with Crippen LogP contribution in [-0.2, 0) is 4.74 Å². The smallest absolute Gasteiger partial charge is 0.410 e. The first-order valence-corrected chi connectivity index (χ1v) is 8.29. The average molecular weight is 334 g/mol. The highest BCUT2D eigenvalue weighted by Crippen LogP contribution is 2.23. The maximum atomic E-state index is 12.4. The lowest BCUT2D eigenvalue weighted by molar-refractivity contribution is 0.0136. The monoisotopic (exact) mass is 334 g/mol. The van der Waals surface area contributed by atoms with E-state index in [1.54, 1.807) is 17.0 Å². The molecule has 0 aliphatic carbocycles. The number of hydrogen-bond donors (Lipinski definition) is 1. The molecule has 0 saturated carbocycles. The van der Waals surface area contributed by atoms with Crippen LogP contribution in [0.1, 0.15) is 44.5 Å². The van der Waals surface area contributed by atoms with Crippen molar-refractivity contribution >= 4 is 17.7 Å². The quantitative estimate of drug-likeness (QED) is 0.919. The van der Waals surface area contributed by atoms with Gasteiger partial charge in [-0.2, -0.15) is 0 Å². The van der Waals surface area contributed by atoms with Crippen molar-refractivity contribution in [2.24, 2.45) is 0 Å². The summed E-state index contributed by atoms with van der Waals surface area (Å²) in [6.45, 7) is 9.65. The number of anilines is 1. The second-order valence-corrected chi connectivity index (χ2v) is 7.03. The molecule has 1 atom stereocenters. The number of carboxylic acid groups (broad SMARTS) is 1. The maximum absolute atomic E-state index is 12.4. The minimum absolute atomic E-state index is 0.0766. The van der Waals surface area contributed by atoms with Crippen LogP contribution in [0.5, 0.6) is 0 Å². The van der Waals surface area contributed by atoms with Gasteiger partial charge in [-0.1, -0.05) is 6.92 Å². The van der Waals surface area contributed by atoms with Crippen LogP contribution in [0.2, 0.25) is 0 Å². The van der Waals surface area contributed by atoms with Gasteiger partial charge in [0.2, 0.25) is 0 Å². The molecule has 1 N–H and O–H groups in total. The van der Waals surface area contributed by atoms with Crippen LogP contribution in [0.4, 0.5) is 10.5 Å². The van der Waals surface area contributed by atoms with E-state index in [0.29, 0.717) is 19.6 Å². The van der Waals surface area contributed by atoms with Gasteiger partial charge in [0, 0.05) is 25.3 Å². The Hall–Kier alpha value is -2.24. The van der Waals surface area contributed by atoms with E-state index in [9.17, 15) is 9.59 Å². The molecule has 6 nitrogen and oxygen atoms in total. The molecule has 0 aromatic heterocycles. The number of amides is 1. The highest BCUT2D eigenvalue weighted by molar-refractivity contribution is 5.88. The lowest BCUT2D eigenvalue weighted by atomic mass is 10.1. The SMILES string of the molecule is CCC1CN(c2ccc(C(=O)O)cc2)CCN1C(=O)OC(C)(C)C. The van der Waals surface area contributed by atoms with Gasteiger partial charge in [0.25, 0.3) is 0 Å². The summed E-state index contributed by atoms with van der Waals surface area (Å²) in [5.41, 5.74) is 0.750. The van der Waals surface area contributed by atoms with Crippen molar-refractivity contribution in [2.75, 3.05) is 24.5 Å². The third-order valence-electron chi connectivity index (χ3n) is 4.06. The molecule has 0 radical (unpaired) electrons. The van der Waals surface area contributed by atoms with Crippen molar-refractivity contribution in [1.29, 1.82) is 0 Å². The van der Waals surface area contributed by atoms with Crippen LogP contribution < -0.4 is 4.90 Å². The van der Waals surface area contributed by atoms with E-state index in [2.05, 4.69) is 11.8 Å². The molecule has 1 fully saturated rings. The van der Waals surface area contributed by atoms with Gasteiger partial charge < -0.3 is 19.6 Å². The molecule has 24 heavy (non-hydrogen) atoms. The van der Waals surface area contributed by atoms with Gasteiger partial charge in [-0.25, -0.2) is 9.59 Å². The number of nitrogens with zero attached hydrogens (tertiary/aromatic N) is 2. The van der Waals surface area contributed by atoms with Crippen LogP contribution >= 0.6 is 0 Å². The molecule has 0 bridgehead atoms. The zero-order chi connectivity index (χ0) is 17.9. The van der Waals surface area contributed by atoms with Crippen LogP contribution in [0.25, 0.3) is 0 Å². The van der Waals surface area contributed by atoms with Crippen molar-refractivity contribution in [2.45, 2.75) is 45.8 Å². The summed E-state index contributed by atoms with van der Waals surface area (Å²) in [6.07, 6.45) is 0.568. The van der Waals surface area contributed by atoms with E-state index in [0.717, 1.165) is 12.1 Å². The molecule has 0 spiro atoms. The zero-order valence-corrected chi connectivity index (χ0v) is 14.8. The van der Waals surface area contributed by atoms with Gasteiger partial charge in [0.1, 0.15) is 5.60 Å². The summed E-state index contributed by atoms with van der Waals surface area (Å²) in [7, 11) is 0. The summed E-state index contributed by atoms with van der Waals surface area (Å²) in [6, 6.07) is 6.93. The Morgan fingerprint density at radius 2 is 1.83 bits per heavy atom. The number of carbonyl (C=O) groups is 2. The molecule has 1 aliphatic heterocycles. The van der Waals surface area contributed by atoms with Crippen LogP contribution in [-0.4, -0.2) is 53.3 Å². The normalized spacial score (nSPS) is 18.4. The van der Waals surface area contributed by atoms with Gasteiger partial charge >= 0.3 is 12.1 Å². The summed E-state index contributed by atoms with van der Waals surface area (Å²) < 4.78 is 5.50. The van der Waals surface area contributed by atoms with E-state index in [1.165, 1.54) is 0 Å². The van der Waals surface area contributed by atoms with E-state index in [1.807, 2.05) is 32.9 Å². The second-order valence-electron chi connectivity index (χ2n) is 7.03. The molecule has 132 valence electrons. The minimum atomic E-state index is -0.928. The average Bonchev–Trinajstić information content (AvgIpc) is 2.52. The highest BCUT2D eigenvalue weighted by atomic mass is 16.6. The standard InChI is InChI=1S/C18H26N2O4/c1-5-14-12-19(15-8-6-13(7-9-15)16(21)22)10-11-20(14)17(23)24-18(2,3)4/h6-9,14H,5,10-12H2,1-4H3,(H,21,22). The number of piperazine rings is 1. The topological polar surface area (TPSA) is 70.1 Å². The Morgan fingerprint density at radius 1 is 1.21 bits per heavy atom. The molecule has 1 unspecified atom stereocenters. The first-order valence-electron chi connectivity index (χ1n) is 8.29. The van der Waals surface area contributed by atoms with Crippen molar-refractivity contribution in [3.8, 4) is 0 Å². The van der Waals surface area contributed by atoms with Gasteiger partial charge in [-0.3, -0.25) is 0 Å². The predicted octanol–water partition coefficient (Wildman–Crippen LogP) is 3.22. The fourth-order valence-electron chi connectivity index (χ4n) is 2.81. The summed E-state index contributed by atoms with van der Waals surface area (Å²) in [5, 5.41) is 8.98. The number of benzene rings is 1. The van der Waals surface area contributed by atoms with Crippen LogP contribution in [0, 0.1) is 0 Å². The van der Waals surface area contributed by atoms with Crippen molar-refractivity contribution in [1.82, 2.24) is 4.90 Å². The molecule has 1 aromatic rings. The molecule has 1 aliphatic rings. The van der Waals surface area contributed by atoms with Gasteiger partial charge in [0.05, 0.1) is 11.6 Å². The van der Waals surface area contributed by atoms with Crippen LogP contribution in [0.3, 0.4) is 0 Å². The Labute approximate surface area is 143 Å². The number of ether oxygens (including phenoxy) is 1. The third-order valence-corrected chi connectivity index (χ3v) is 4.06. The molecule has 6 heteroatoms. The highest BCUT2D eigenvalue weighted by Gasteiger charge is 2.32. The number of hydrogen-bond acceptors (Lipinski definition) is 4. The fraction of sp³-hybridized carbons (Fsp3) is 0.556. The first kappa shape index (κ1) is 18.1. The largest absolute Gasteiger partial charge is 0.478 e. The molecule has 1 heterocycles. The zero-order valence-electron chi connectivity index (χ0n) is 14.8. The van der Waals surface area contributed by atoms with E-state index in [-0.39, 0.29) is 17.7 Å². The minimum Gasteiger partial charge on any atom is -0.478 e. The van der Waals surface area contributed by atoms with Crippen molar-refractivity contribution in [3.63, 3.8) is 0 Å². The van der Waals surface area contributed by atoms with Gasteiger partial charge in [0.15, 0.2) is 0 Å². The molecule has 1 aromatic carbocycles. The Balaban J connectivity index is 2.06. The van der Waals surface area contributed by atoms with Crippen molar-refractivity contribution in [3.05, 3.63) is 29.8 Å². The number of rotatable bonds is 3. The summed E-state index contributed by atoms with van der Waals surface area (Å²) in [4.78, 5) is 27.3. The van der Waals surface area contributed by atoms with E-state index >= 15 is 0 Å².